The van der Waals surface area contributed by atoms with Crippen molar-refractivity contribution < 1.29 is 51.1 Å². The highest BCUT2D eigenvalue weighted by Crippen LogP contribution is 2.47. The predicted octanol–water partition coefficient (Wildman–Crippen LogP) is 26.3. The Bertz CT molecular complexity index is 2270. The molecule has 17 heteroatoms. The maximum Gasteiger partial charge on any atom is 0.220 e. The summed E-state index contributed by atoms with van der Waals surface area (Å²) in [6, 6.07) is 3.72. The van der Waals surface area contributed by atoms with Crippen LogP contribution in [-0.4, -0.2) is 115 Å². The molecule has 105 heavy (non-hydrogen) atoms. The van der Waals surface area contributed by atoms with Gasteiger partial charge in [-0.2, -0.15) is 0 Å². The molecule has 2 amide bonds. The zero-order valence-corrected chi connectivity index (χ0v) is 77.5. The SMILES string of the molecule is CCC(CC)NC(=O)CCCCCCCCCCOc1cc(C=O)cc(OCCCCCCCCCCC(=O)NC(CO[Si](C(C)C)(C(C)C)C(C)C)CO[Si](C(C)C)(C(C)C)C(C)C)c1OCCCCCCCCCCC(=O)CC(CO[Si](C(C)C)(C(C)C)C(C)C)CO[Si](C(C)C)(C(C)C)C(C)C. The largest absolute Gasteiger partial charge is 0.490 e. The predicted molar refractivity (Wildman–Crippen MR) is 459 cm³/mol. The van der Waals surface area contributed by atoms with Gasteiger partial charge in [0.05, 0.1) is 39.1 Å². The van der Waals surface area contributed by atoms with Crippen LogP contribution >= 0.6 is 0 Å². The van der Waals surface area contributed by atoms with Crippen molar-refractivity contribution in [1.29, 1.82) is 0 Å². The molecule has 0 atom stereocenters. The first-order chi connectivity index (χ1) is 49.6. The number of hydrogen-bond acceptors (Lipinski definition) is 11. The number of unbranched alkanes of at least 4 members (excludes halogenated alkanes) is 21. The Labute approximate surface area is 653 Å². The number of carbonyl (C=O) groups is 4. The smallest absolute Gasteiger partial charge is 0.220 e. The molecule has 2 N–H and O–H groups in total. The standard InChI is InChI=1S/C88H172N2O11Si4/c1-27-81(28-2)89-86(93)54-48-42-36-30-33-38-44-50-56-95-84-60-79(62-91)61-85(96-57-51-45-39-34-31-37-43-49-55-87(94)90-82(65-100-104(73(15)16,74(17)18)75(19)20)66-101-105(76(21)22,77(23)24)78(25)26)88(84)97-58-52-46-40-32-29-35-41-47-53-83(92)59-80(63-98-102(67(3)4,68(5)6)69(7)8)64-99-103(70(9)10,71(11)12)72(13)14/h60-62,67-78,80-82H,27-59,63-66H2,1-26H3,(H,89,93)(H,90,94). The van der Waals surface area contributed by atoms with E-state index >= 15 is 0 Å². The van der Waals surface area contributed by atoms with Gasteiger partial charge in [-0.25, -0.2) is 0 Å². The van der Waals surface area contributed by atoms with Crippen LogP contribution in [0.1, 0.15) is 383 Å². The lowest BCUT2D eigenvalue weighted by atomic mass is 10.00. The lowest BCUT2D eigenvalue weighted by molar-refractivity contribution is -0.123. The van der Waals surface area contributed by atoms with Crippen LogP contribution in [0.3, 0.4) is 0 Å². The van der Waals surface area contributed by atoms with Gasteiger partial charge in [-0.1, -0.05) is 296 Å². The fourth-order valence-electron chi connectivity index (χ4n) is 18.8. The molecule has 0 aromatic heterocycles. The number of nitrogens with one attached hydrogen (secondary N) is 2. The summed E-state index contributed by atoms with van der Waals surface area (Å²) in [6.07, 6.45) is 30.6. The minimum Gasteiger partial charge on any atom is -0.490 e. The van der Waals surface area contributed by atoms with Crippen LogP contribution < -0.4 is 24.8 Å². The summed E-state index contributed by atoms with van der Waals surface area (Å²) in [7, 11) is -8.51. The Hall–Kier alpha value is -2.39. The molecule has 0 spiro atoms. The summed E-state index contributed by atoms with van der Waals surface area (Å²) in [4.78, 5) is 52.2. The van der Waals surface area contributed by atoms with Crippen LogP contribution in [0.2, 0.25) is 66.5 Å². The molecule has 616 valence electrons. The third-order valence-electron chi connectivity index (χ3n) is 24.2. The Morgan fingerprint density at radius 3 is 0.857 bits per heavy atom. The zero-order valence-electron chi connectivity index (χ0n) is 73.5. The molecule has 0 radical (unpaired) electrons. The topological polar surface area (TPSA) is 157 Å². The molecule has 13 nitrogen and oxygen atoms in total. The van der Waals surface area contributed by atoms with Crippen molar-refractivity contribution in [1.82, 2.24) is 10.6 Å². The third kappa shape index (κ3) is 35.0. The van der Waals surface area contributed by atoms with Crippen molar-refractivity contribution in [3.8, 4) is 17.2 Å². The molecule has 0 bridgehead atoms. The Kier molecular flexibility index (Phi) is 52.8. The Balaban J connectivity index is 2.94. The van der Waals surface area contributed by atoms with Crippen molar-refractivity contribution in [3.63, 3.8) is 0 Å². The van der Waals surface area contributed by atoms with Gasteiger partial charge in [0.15, 0.2) is 44.8 Å². The highest BCUT2D eigenvalue weighted by molar-refractivity contribution is 6.79. The van der Waals surface area contributed by atoms with E-state index in [1.54, 1.807) is 12.1 Å². The number of aldehydes is 1. The van der Waals surface area contributed by atoms with Crippen LogP contribution in [0.4, 0.5) is 0 Å². The van der Waals surface area contributed by atoms with Gasteiger partial charge in [-0.05, 0) is 130 Å². The molecule has 0 aliphatic carbocycles. The highest BCUT2D eigenvalue weighted by atomic mass is 28.4. The quantitative estimate of drug-likeness (QED) is 0.0363. The summed E-state index contributed by atoms with van der Waals surface area (Å²) >= 11 is 0. The number of Topliss-reactive ketones (excluding diaryl/α,β-unsaturated/α-hetero) is 1. The number of ketones is 1. The zero-order chi connectivity index (χ0) is 79.3. The lowest BCUT2D eigenvalue weighted by Crippen LogP contribution is -2.54. The second-order valence-electron chi connectivity index (χ2n) is 35.7. The Morgan fingerprint density at radius 2 is 0.581 bits per heavy atom. The summed E-state index contributed by atoms with van der Waals surface area (Å²) in [5.74, 6) is 2.44. The summed E-state index contributed by atoms with van der Waals surface area (Å²) < 4.78 is 48.1. The van der Waals surface area contributed by atoms with Crippen molar-refractivity contribution in [2.24, 2.45) is 5.92 Å². The van der Waals surface area contributed by atoms with Gasteiger partial charge < -0.3 is 42.5 Å². The van der Waals surface area contributed by atoms with E-state index in [-0.39, 0.29) is 29.8 Å². The van der Waals surface area contributed by atoms with Gasteiger partial charge in [0, 0.05) is 56.4 Å². The average molecular weight is 1550 g/mol. The molecule has 0 fully saturated rings. The van der Waals surface area contributed by atoms with E-state index in [9.17, 15) is 19.2 Å². The molecule has 1 aromatic carbocycles. The fourth-order valence-corrected chi connectivity index (χ4v) is 40.8. The molecule has 0 aliphatic heterocycles. The van der Waals surface area contributed by atoms with Gasteiger partial charge in [-0.15, -0.1) is 0 Å². The van der Waals surface area contributed by atoms with Gasteiger partial charge >= 0.3 is 0 Å². The van der Waals surface area contributed by atoms with Crippen molar-refractivity contribution in [2.75, 3.05) is 46.2 Å². The summed E-state index contributed by atoms with van der Waals surface area (Å²) in [5.41, 5.74) is 6.22. The first-order valence-corrected chi connectivity index (χ1v) is 52.4. The fraction of sp³-hybridized carbons (Fsp3) is 0.886. The highest BCUT2D eigenvalue weighted by Gasteiger charge is 2.50. The van der Waals surface area contributed by atoms with Crippen LogP contribution in [0.5, 0.6) is 17.2 Å². The van der Waals surface area contributed by atoms with E-state index in [2.05, 4.69) is 191 Å². The maximum absolute atomic E-state index is 13.8. The molecule has 1 rings (SSSR count). The van der Waals surface area contributed by atoms with E-state index in [1.807, 2.05) is 0 Å². The molecule has 0 heterocycles. The number of rotatable bonds is 67. The number of hydrogen-bond donors (Lipinski definition) is 2. The van der Waals surface area contributed by atoms with Crippen LogP contribution in [-0.2, 0) is 32.1 Å². The van der Waals surface area contributed by atoms with Crippen LogP contribution in [0, 0.1) is 5.92 Å². The minimum absolute atomic E-state index is 0.0709. The van der Waals surface area contributed by atoms with Crippen molar-refractivity contribution in [2.45, 2.75) is 451 Å². The molecule has 0 aliphatic rings. The average Bonchev–Trinajstić information content (AvgIpc) is 0.820. The molecular formula is C88H172N2O11Si4. The number of carbonyl (C=O) groups excluding carboxylic acids is 4. The number of benzene rings is 1. The molecule has 0 saturated heterocycles. The normalized spacial score (nSPS) is 13.0. The maximum atomic E-state index is 13.8. The van der Waals surface area contributed by atoms with Gasteiger partial charge in [0.2, 0.25) is 17.6 Å². The van der Waals surface area contributed by atoms with Crippen LogP contribution in [0.15, 0.2) is 12.1 Å². The monoisotopic (exact) mass is 1550 g/mol. The molecule has 0 saturated carbocycles. The van der Waals surface area contributed by atoms with E-state index in [4.69, 9.17) is 31.9 Å². The van der Waals surface area contributed by atoms with Gasteiger partial charge in [-0.3, -0.25) is 19.2 Å². The summed E-state index contributed by atoms with van der Waals surface area (Å²) in [5, 5.41) is 6.58. The second-order valence-corrected chi connectivity index (χ2v) is 57.6. The second kappa shape index (κ2) is 55.1. The van der Waals surface area contributed by atoms with E-state index in [0.717, 1.165) is 160 Å². The van der Waals surface area contributed by atoms with Gasteiger partial charge in [0.1, 0.15) is 12.1 Å². The summed E-state index contributed by atoms with van der Waals surface area (Å²) in [6.45, 7) is 64.0. The first kappa shape index (κ1) is 101. The van der Waals surface area contributed by atoms with Crippen molar-refractivity contribution in [3.05, 3.63) is 17.7 Å². The van der Waals surface area contributed by atoms with Crippen LogP contribution in [0.25, 0.3) is 0 Å². The first-order valence-electron chi connectivity index (χ1n) is 43.8. The van der Waals surface area contributed by atoms with Crippen molar-refractivity contribution >= 4 is 57.2 Å². The minimum atomic E-state index is -2.15. The molecule has 0 unspecified atom stereocenters. The van der Waals surface area contributed by atoms with Gasteiger partial charge in [0.25, 0.3) is 0 Å². The number of ether oxygens (including phenoxy) is 3. The lowest BCUT2D eigenvalue weighted by Gasteiger charge is -2.44. The van der Waals surface area contributed by atoms with E-state index in [0.29, 0.717) is 167 Å². The van der Waals surface area contributed by atoms with E-state index in [1.165, 1.54) is 12.8 Å². The molecule has 1 aromatic rings. The number of amides is 2. The Morgan fingerprint density at radius 1 is 0.333 bits per heavy atom. The van der Waals surface area contributed by atoms with E-state index < -0.39 is 33.3 Å². The molecular weight excluding hydrogens is 1370 g/mol. The third-order valence-corrected chi connectivity index (χ3v) is 48.5.